The van der Waals surface area contributed by atoms with Crippen molar-refractivity contribution in [3.05, 3.63) is 11.6 Å². The van der Waals surface area contributed by atoms with Gasteiger partial charge in [0.25, 0.3) is 0 Å². The van der Waals surface area contributed by atoms with Gasteiger partial charge in [0, 0.05) is 19.2 Å². The Kier molecular flexibility index (Phi) is 8.12. The Morgan fingerprint density at radius 1 is 1.21 bits per heavy atom. The first kappa shape index (κ1) is 17.7. The van der Waals surface area contributed by atoms with Gasteiger partial charge in [-0.1, -0.05) is 26.3 Å². The standard InChI is InChI=1S/C15H27NO3/c1-11(2)7-8-16(14(17)9-12(3)4)10-13(5)15(18)19-6/h9,11,13H,7-8,10H2,1-6H3. The molecule has 0 rings (SSSR count). The first-order chi connectivity index (χ1) is 8.77. The fourth-order valence-electron chi connectivity index (χ4n) is 1.65. The van der Waals surface area contributed by atoms with Gasteiger partial charge in [-0.15, -0.1) is 0 Å². The smallest absolute Gasteiger partial charge is 0.310 e. The SMILES string of the molecule is COC(=O)C(C)CN(CCC(C)C)C(=O)C=C(C)C. The molecule has 0 aliphatic carbocycles. The predicted molar refractivity (Wildman–Crippen MR) is 76.6 cm³/mol. The van der Waals surface area contributed by atoms with Gasteiger partial charge < -0.3 is 9.64 Å². The number of methoxy groups -OCH3 is 1. The van der Waals surface area contributed by atoms with E-state index in [4.69, 9.17) is 4.74 Å². The van der Waals surface area contributed by atoms with Crippen LogP contribution in [-0.2, 0) is 14.3 Å². The maximum Gasteiger partial charge on any atom is 0.310 e. The van der Waals surface area contributed by atoms with Gasteiger partial charge in [-0.25, -0.2) is 0 Å². The van der Waals surface area contributed by atoms with E-state index in [1.807, 2.05) is 13.8 Å². The number of ether oxygens (including phenoxy) is 1. The monoisotopic (exact) mass is 269 g/mol. The Morgan fingerprint density at radius 3 is 2.21 bits per heavy atom. The van der Waals surface area contributed by atoms with E-state index in [0.29, 0.717) is 19.0 Å². The lowest BCUT2D eigenvalue weighted by molar-refractivity contribution is -0.146. The van der Waals surface area contributed by atoms with Crippen LogP contribution < -0.4 is 0 Å². The summed E-state index contributed by atoms with van der Waals surface area (Å²) in [6.07, 6.45) is 2.54. The summed E-state index contributed by atoms with van der Waals surface area (Å²) >= 11 is 0. The molecule has 0 aromatic carbocycles. The number of allylic oxidation sites excluding steroid dienone is 1. The molecular weight excluding hydrogens is 242 g/mol. The summed E-state index contributed by atoms with van der Waals surface area (Å²) in [6.45, 7) is 10.9. The number of esters is 1. The van der Waals surface area contributed by atoms with Crippen molar-refractivity contribution in [3.63, 3.8) is 0 Å². The third kappa shape index (κ3) is 7.65. The highest BCUT2D eigenvalue weighted by Crippen LogP contribution is 2.08. The minimum absolute atomic E-state index is 0.0311. The summed E-state index contributed by atoms with van der Waals surface area (Å²) in [7, 11) is 1.37. The molecule has 0 bridgehead atoms. The van der Waals surface area contributed by atoms with Crippen LogP contribution in [0.3, 0.4) is 0 Å². The van der Waals surface area contributed by atoms with Gasteiger partial charge in [-0.2, -0.15) is 0 Å². The first-order valence-electron chi connectivity index (χ1n) is 6.79. The summed E-state index contributed by atoms with van der Waals surface area (Å²) in [4.78, 5) is 25.3. The topological polar surface area (TPSA) is 46.6 Å². The van der Waals surface area contributed by atoms with E-state index in [1.165, 1.54) is 7.11 Å². The lowest BCUT2D eigenvalue weighted by Gasteiger charge is -2.25. The van der Waals surface area contributed by atoms with E-state index in [2.05, 4.69) is 13.8 Å². The Balaban J connectivity index is 4.71. The van der Waals surface area contributed by atoms with Crippen molar-refractivity contribution < 1.29 is 14.3 Å². The van der Waals surface area contributed by atoms with Crippen LogP contribution in [-0.4, -0.2) is 37.0 Å². The number of amides is 1. The van der Waals surface area contributed by atoms with Gasteiger partial charge in [0.2, 0.25) is 5.91 Å². The number of carbonyl (C=O) groups is 2. The molecule has 0 N–H and O–H groups in total. The summed E-state index contributed by atoms with van der Waals surface area (Å²) in [6, 6.07) is 0. The second-order valence-electron chi connectivity index (χ2n) is 5.61. The molecule has 0 spiro atoms. The second kappa shape index (κ2) is 8.73. The average Bonchev–Trinajstić information content (AvgIpc) is 2.31. The maximum absolute atomic E-state index is 12.1. The molecule has 1 atom stereocenters. The molecule has 0 aromatic heterocycles. The van der Waals surface area contributed by atoms with Crippen molar-refractivity contribution in [2.45, 2.75) is 41.0 Å². The van der Waals surface area contributed by atoms with Crippen LogP contribution >= 0.6 is 0 Å². The highest BCUT2D eigenvalue weighted by atomic mass is 16.5. The number of hydrogen-bond acceptors (Lipinski definition) is 3. The van der Waals surface area contributed by atoms with Gasteiger partial charge in [0.15, 0.2) is 0 Å². The van der Waals surface area contributed by atoms with Crippen molar-refractivity contribution in [1.82, 2.24) is 4.90 Å². The van der Waals surface area contributed by atoms with Crippen molar-refractivity contribution in [2.24, 2.45) is 11.8 Å². The molecular formula is C15H27NO3. The predicted octanol–water partition coefficient (Wildman–Crippen LogP) is 2.64. The third-order valence-electron chi connectivity index (χ3n) is 2.80. The molecule has 110 valence electrons. The fraction of sp³-hybridized carbons (Fsp3) is 0.733. The highest BCUT2D eigenvalue weighted by Gasteiger charge is 2.20. The maximum atomic E-state index is 12.1. The van der Waals surface area contributed by atoms with E-state index in [1.54, 1.807) is 17.9 Å². The summed E-state index contributed by atoms with van der Waals surface area (Å²) in [5.41, 5.74) is 0.963. The second-order valence-corrected chi connectivity index (χ2v) is 5.61. The van der Waals surface area contributed by atoms with Gasteiger partial charge in [0.05, 0.1) is 13.0 Å². The molecule has 0 radical (unpaired) electrons. The molecule has 0 heterocycles. The van der Waals surface area contributed by atoms with E-state index in [-0.39, 0.29) is 17.8 Å². The molecule has 0 aliphatic rings. The van der Waals surface area contributed by atoms with E-state index in [0.717, 1.165) is 12.0 Å². The molecule has 0 aliphatic heterocycles. The fourth-order valence-corrected chi connectivity index (χ4v) is 1.65. The van der Waals surface area contributed by atoms with Crippen LogP contribution in [0.4, 0.5) is 0 Å². The largest absolute Gasteiger partial charge is 0.469 e. The highest BCUT2D eigenvalue weighted by molar-refractivity contribution is 5.88. The van der Waals surface area contributed by atoms with Crippen LogP contribution in [0.5, 0.6) is 0 Å². The molecule has 1 unspecified atom stereocenters. The van der Waals surface area contributed by atoms with E-state index < -0.39 is 0 Å². The molecule has 19 heavy (non-hydrogen) atoms. The zero-order chi connectivity index (χ0) is 15.0. The summed E-state index contributed by atoms with van der Waals surface area (Å²) < 4.78 is 4.71. The quantitative estimate of drug-likeness (QED) is 0.527. The molecule has 4 heteroatoms. The van der Waals surface area contributed by atoms with Crippen molar-refractivity contribution >= 4 is 11.9 Å². The van der Waals surface area contributed by atoms with Crippen LogP contribution in [0.15, 0.2) is 11.6 Å². The van der Waals surface area contributed by atoms with Gasteiger partial charge >= 0.3 is 5.97 Å². The van der Waals surface area contributed by atoms with Gasteiger partial charge in [-0.05, 0) is 26.2 Å². The molecule has 0 saturated heterocycles. The lowest BCUT2D eigenvalue weighted by atomic mass is 10.1. The Morgan fingerprint density at radius 2 is 1.79 bits per heavy atom. The zero-order valence-corrected chi connectivity index (χ0v) is 13.0. The van der Waals surface area contributed by atoms with Gasteiger partial charge in [0.1, 0.15) is 0 Å². The molecule has 4 nitrogen and oxygen atoms in total. The number of carbonyl (C=O) groups excluding carboxylic acids is 2. The van der Waals surface area contributed by atoms with Crippen LogP contribution in [0.2, 0.25) is 0 Å². The molecule has 0 fully saturated rings. The molecule has 1 amide bonds. The van der Waals surface area contributed by atoms with Crippen molar-refractivity contribution in [3.8, 4) is 0 Å². The van der Waals surface area contributed by atoms with Crippen LogP contribution in [0, 0.1) is 11.8 Å². The van der Waals surface area contributed by atoms with Crippen molar-refractivity contribution in [1.29, 1.82) is 0 Å². The van der Waals surface area contributed by atoms with Gasteiger partial charge in [-0.3, -0.25) is 9.59 Å². The number of hydrogen-bond donors (Lipinski definition) is 0. The van der Waals surface area contributed by atoms with E-state index in [9.17, 15) is 9.59 Å². The van der Waals surface area contributed by atoms with E-state index >= 15 is 0 Å². The number of rotatable bonds is 7. The first-order valence-corrected chi connectivity index (χ1v) is 6.79. The summed E-state index contributed by atoms with van der Waals surface area (Å²) in [5.74, 6) is -0.0851. The Bertz CT molecular complexity index is 330. The van der Waals surface area contributed by atoms with Crippen LogP contribution in [0.1, 0.15) is 41.0 Å². The minimum Gasteiger partial charge on any atom is -0.469 e. The Labute approximate surface area is 116 Å². The average molecular weight is 269 g/mol. The summed E-state index contributed by atoms with van der Waals surface area (Å²) in [5, 5.41) is 0. The van der Waals surface area contributed by atoms with Crippen molar-refractivity contribution in [2.75, 3.05) is 20.2 Å². The lowest BCUT2D eigenvalue weighted by Crippen LogP contribution is -2.37. The number of nitrogens with zero attached hydrogens (tertiary/aromatic N) is 1. The molecule has 0 saturated carbocycles. The van der Waals surface area contributed by atoms with Crippen LogP contribution in [0.25, 0.3) is 0 Å². The molecule has 0 aromatic rings. The minimum atomic E-state index is -0.299. The Hall–Kier alpha value is -1.32. The zero-order valence-electron chi connectivity index (χ0n) is 13.0. The normalized spacial score (nSPS) is 11.9. The third-order valence-corrected chi connectivity index (χ3v) is 2.80.